The van der Waals surface area contributed by atoms with E-state index in [1.807, 2.05) is 0 Å². The molecule has 1 unspecified atom stereocenters. The van der Waals surface area contributed by atoms with Crippen molar-refractivity contribution in [2.24, 2.45) is 11.3 Å². The normalized spacial score (nSPS) is 26.9. The van der Waals surface area contributed by atoms with Crippen LogP contribution in [0.5, 0.6) is 0 Å². The monoisotopic (exact) mass is 192 g/mol. The quantitative estimate of drug-likeness (QED) is 0.753. The average Bonchev–Trinajstić information content (AvgIpc) is 2.49. The van der Waals surface area contributed by atoms with Gasteiger partial charge < -0.3 is 5.11 Å². The zero-order chi connectivity index (χ0) is 9.60. The van der Waals surface area contributed by atoms with Gasteiger partial charge >= 0.3 is 0 Å². The van der Waals surface area contributed by atoms with E-state index in [4.69, 9.17) is 0 Å². The molecule has 14 heavy (non-hydrogen) atoms. The standard InChI is InChI=1S/C11H16N2O/c14-10(9-6-12-13-7-9)8-4-11(5-8)2-1-3-11/h6-8,10,14H,1-5H2,(H,12,13). The Labute approximate surface area is 83.5 Å². The van der Waals surface area contributed by atoms with Crippen LogP contribution < -0.4 is 0 Å². The maximum atomic E-state index is 10.0. The maximum absolute atomic E-state index is 10.0. The Balaban J connectivity index is 1.63. The molecule has 1 aromatic heterocycles. The van der Waals surface area contributed by atoms with E-state index in [-0.39, 0.29) is 6.10 Å². The summed E-state index contributed by atoms with van der Waals surface area (Å²) in [6.07, 6.45) is 9.86. The van der Waals surface area contributed by atoms with Crippen LogP contribution in [-0.4, -0.2) is 15.3 Å². The molecule has 76 valence electrons. The first-order valence-corrected chi connectivity index (χ1v) is 5.46. The number of nitrogens with one attached hydrogen (secondary N) is 1. The lowest BCUT2D eigenvalue weighted by Gasteiger charge is -2.55. The molecule has 3 heteroatoms. The molecule has 0 amide bonds. The number of rotatable bonds is 2. The van der Waals surface area contributed by atoms with Crippen molar-refractivity contribution in [2.75, 3.05) is 0 Å². The second-order valence-electron chi connectivity index (χ2n) is 5.00. The summed E-state index contributed by atoms with van der Waals surface area (Å²) < 4.78 is 0. The molecule has 1 heterocycles. The maximum Gasteiger partial charge on any atom is 0.0848 e. The number of aliphatic hydroxyl groups is 1. The van der Waals surface area contributed by atoms with Gasteiger partial charge in [0.15, 0.2) is 0 Å². The van der Waals surface area contributed by atoms with Crippen molar-refractivity contribution < 1.29 is 5.11 Å². The van der Waals surface area contributed by atoms with Gasteiger partial charge in [-0.25, -0.2) is 0 Å². The van der Waals surface area contributed by atoms with E-state index >= 15 is 0 Å². The van der Waals surface area contributed by atoms with Crippen molar-refractivity contribution in [1.29, 1.82) is 0 Å². The SMILES string of the molecule is OC(c1cn[nH]c1)C1CC2(CCC2)C1. The molecule has 0 aliphatic heterocycles. The number of hydrogen-bond donors (Lipinski definition) is 2. The molecule has 3 nitrogen and oxygen atoms in total. The number of aromatic amines is 1. The molecule has 2 aliphatic carbocycles. The first kappa shape index (κ1) is 8.48. The van der Waals surface area contributed by atoms with Crippen LogP contribution in [0.25, 0.3) is 0 Å². The summed E-state index contributed by atoms with van der Waals surface area (Å²) in [6.45, 7) is 0. The fourth-order valence-corrected chi connectivity index (χ4v) is 3.06. The van der Waals surface area contributed by atoms with Crippen LogP contribution in [0.3, 0.4) is 0 Å². The summed E-state index contributed by atoms with van der Waals surface area (Å²) in [6, 6.07) is 0. The predicted molar refractivity (Wildman–Crippen MR) is 52.6 cm³/mol. The van der Waals surface area contributed by atoms with E-state index in [2.05, 4.69) is 10.2 Å². The molecule has 3 rings (SSSR count). The van der Waals surface area contributed by atoms with Gasteiger partial charge in [-0.05, 0) is 37.0 Å². The van der Waals surface area contributed by atoms with Crippen molar-refractivity contribution in [3.8, 4) is 0 Å². The second-order valence-corrected chi connectivity index (χ2v) is 5.00. The summed E-state index contributed by atoms with van der Waals surface area (Å²) in [5.41, 5.74) is 1.60. The average molecular weight is 192 g/mol. The van der Waals surface area contributed by atoms with Crippen molar-refractivity contribution in [2.45, 2.75) is 38.2 Å². The van der Waals surface area contributed by atoms with Gasteiger partial charge in [0.25, 0.3) is 0 Å². The number of nitrogens with zero attached hydrogens (tertiary/aromatic N) is 1. The molecule has 2 fully saturated rings. The molecule has 0 bridgehead atoms. The number of aromatic nitrogens is 2. The predicted octanol–water partition coefficient (Wildman–Crippen LogP) is 2.02. The summed E-state index contributed by atoms with van der Waals surface area (Å²) >= 11 is 0. The van der Waals surface area contributed by atoms with Crippen LogP contribution >= 0.6 is 0 Å². The van der Waals surface area contributed by atoms with Gasteiger partial charge in [0.1, 0.15) is 0 Å². The summed E-state index contributed by atoms with van der Waals surface area (Å²) in [5.74, 6) is 0.480. The molecule has 0 saturated heterocycles. The largest absolute Gasteiger partial charge is 0.388 e. The van der Waals surface area contributed by atoms with Crippen LogP contribution in [0, 0.1) is 11.3 Å². The Morgan fingerprint density at radius 2 is 2.29 bits per heavy atom. The van der Waals surface area contributed by atoms with Crippen LogP contribution in [-0.2, 0) is 0 Å². The van der Waals surface area contributed by atoms with Crippen LogP contribution in [0.15, 0.2) is 12.4 Å². The van der Waals surface area contributed by atoms with Gasteiger partial charge in [-0.1, -0.05) is 6.42 Å². The van der Waals surface area contributed by atoms with Crippen LogP contribution in [0.4, 0.5) is 0 Å². The topological polar surface area (TPSA) is 48.9 Å². The van der Waals surface area contributed by atoms with E-state index < -0.39 is 0 Å². The van der Waals surface area contributed by atoms with Crippen molar-refractivity contribution in [3.63, 3.8) is 0 Å². The Kier molecular flexibility index (Phi) is 1.71. The van der Waals surface area contributed by atoms with E-state index in [0.29, 0.717) is 11.3 Å². The lowest BCUT2D eigenvalue weighted by molar-refractivity contribution is -0.0808. The molecule has 2 saturated carbocycles. The van der Waals surface area contributed by atoms with Crippen molar-refractivity contribution in [3.05, 3.63) is 18.0 Å². The van der Waals surface area contributed by atoms with Gasteiger partial charge in [-0.2, -0.15) is 5.10 Å². The highest BCUT2D eigenvalue weighted by Crippen LogP contribution is 2.61. The van der Waals surface area contributed by atoms with Gasteiger partial charge in [0.05, 0.1) is 12.3 Å². The third kappa shape index (κ3) is 1.12. The molecular formula is C11H16N2O. The lowest BCUT2D eigenvalue weighted by atomic mass is 9.50. The Hall–Kier alpha value is -0.830. The zero-order valence-corrected chi connectivity index (χ0v) is 8.24. The minimum absolute atomic E-state index is 0.292. The van der Waals surface area contributed by atoms with Gasteiger partial charge in [-0.3, -0.25) is 5.10 Å². The first-order valence-electron chi connectivity index (χ1n) is 5.46. The minimum atomic E-state index is -0.292. The summed E-state index contributed by atoms with van der Waals surface area (Å²) in [5, 5.41) is 16.6. The first-order chi connectivity index (χ1) is 6.79. The third-order valence-corrected chi connectivity index (χ3v) is 4.11. The molecular weight excluding hydrogens is 176 g/mol. The molecule has 2 N–H and O–H groups in total. The van der Waals surface area contributed by atoms with Crippen LogP contribution in [0.1, 0.15) is 43.8 Å². The Morgan fingerprint density at radius 1 is 1.50 bits per heavy atom. The van der Waals surface area contributed by atoms with Gasteiger partial charge in [-0.15, -0.1) is 0 Å². The number of hydrogen-bond acceptors (Lipinski definition) is 2. The van der Waals surface area contributed by atoms with E-state index in [1.54, 1.807) is 12.4 Å². The fourth-order valence-electron chi connectivity index (χ4n) is 3.06. The fraction of sp³-hybridized carbons (Fsp3) is 0.727. The van der Waals surface area contributed by atoms with Crippen LogP contribution in [0.2, 0.25) is 0 Å². The van der Waals surface area contributed by atoms with Crippen molar-refractivity contribution in [1.82, 2.24) is 10.2 Å². The van der Waals surface area contributed by atoms with Crippen molar-refractivity contribution >= 4 is 0 Å². The molecule has 2 aliphatic rings. The number of aliphatic hydroxyl groups excluding tert-OH is 1. The van der Waals surface area contributed by atoms with Gasteiger partial charge in [0.2, 0.25) is 0 Å². The highest BCUT2D eigenvalue weighted by Gasteiger charge is 2.50. The summed E-state index contributed by atoms with van der Waals surface area (Å²) in [4.78, 5) is 0. The smallest absolute Gasteiger partial charge is 0.0848 e. The molecule has 1 atom stereocenters. The molecule has 0 aromatic carbocycles. The minimum Gasteiger partial charge on any atom is -0.388 e. The third-order valence-electron chi connectivity index (χ3n) is 4.11. The van der Waals surface area contributed by atoms with E-state index in [9.17, 15) is 5.11 Å². The highest BCUT2D eigenvalue weighted by molar-refractivity contribution is 5.12. The Morgan fingerprint density at radius 3 is 2.79 bits per heavy atom. The molecule has 1 spiro atoms. The van der Waals surface area contributed by atoms with Gasteiger partial charge in [0, 0.05) is 11.8 Å². The van der Waals surface area contributed by atoms with E-state index in [0.717, 1.165) is 5.56 Å². The lowest BCUT2D eigenvalue weighted by Crippen LogP contribution is -2.44. The molecule has 1 aromatic rings. The molecule has 0 radical (unpaired) electrons. The second kappa shape index (κ2) is 2.83. The highest BCUT2D eigenvalue weighted by atomic mass is 16.3. The van der Waals surface area contributed by atoms with E-state index in [1.165, 1.54) is 32.1 Å². The number of H-pyrrole nitrogens is 1. The summed E-state index contributed by atoms with van der Waals surface area (Å²) in [7, 11) is 0. The zero-order valence-electron chi connectivity index (χ0n) is 8.24. The Bertz CT molecular complexity index is 308.